The van der Waals surface area contributed by atoms with Crippen LogP contribution in [0.25, 0.3) is 0 Å². The molecule has 2 rings (SSSR count). The minimum atomic E-state index is -1.02. The predicted octanol–water partition coefficient (Wildman–Crippen LogP) is 2.21. The molecule has 0 amide bonds. The Morgan fingerprint density at radius 3 is 2.35 bits per heavy atom. The highest BCUT2D eigenvalue weighted by molar-refractivity contribution is 5.96. The van der Waals surface area contributed by atoms with Crippen LogP contribution in [0.1, 0.15) is 25.8 Å². The molecule has 1 aliphatic carbocycles. The van der Waals surface area contributed by atoms with Crippen molar-refractivity contribution >= 4 is 11.9 Å². The lowest BCUT2D eigenvalue weighted by molar-refractivity contribution is -0.152. The van der Waals surface area contributed by atoms with E-state index in [1.165, 1.54) is 24.3 Å². The van der Waals surface area contributed by atoms with Crippen molar-refractivity contribution in [2.24, 2.45) is 5.92 Å². The van der Waals surface area contributed by atoms with Crippen molar-refractivity contribution in [3.8, 4) is 0 Å². The molecule has 20 heavy (non-hydrogen) atoms. The van der Waals surface area contributed by atoms with Gasteiger partial charge in [0.2, 0.25) is 0 Å². The Bertz CT molecular complexity index is 511. The molecule has 0 bridgehead atoms. The van der Waals surface area contributed by atoms with Gasteiger partial charge < -0.3 is 9.47 Å². The summed E-state index contributed by atoms with van der Waals surface area (Å²) in [6, 6.07) is 5.59. The Labute approximate surface area is 116 Å². The third kappa shape index (κ3) is 2.40. The van der Waals surface area contributed by atoms with E-state index in [2.05, 4.69) is 0 Å². The van der Waals surface area contributed by atoms with Crippen LogP contribution in [0.3, 0.4) is 0 Å². The highest BCUT2D eigenvalue weighted by Crippen LogP contribution is 2.55. The Balaban J connectivity index is 2.30. The van der Waals surface area contributed by atoms with Crippen LogP contribution in [0.15, 0.2) is 24.3 Å². The molecule has 1 aromatic carbocycles. The second-order valence-electron chi connectivity index (χ2n) is 4.71. The number of carbonyl (C=O) groups excluding carboxylic acids is 2. The molecule has 0 N–H and O–H groups in total. The highest BCUT2D eigenvalue weighted by atomic mass is 19.1. The first-order chi connectivity index (χ1) is 9.56. The zero-order chi connectivity index (χ0) is 14.8. The van der Waals surface area contributed by atoms with Crippen LogP contribution in [0, 0.1) is 11.7 Å². The standard InChI is InChI=1S/C15H17FO4/c1-3-19-13(17)12-9-15(12,14(18)20-4-2)10-5-7-11(16)8-6-10/h5-8,12H,3-4,9H2,1-2H3/t12-,15-/m0/s1. The normalized spacial score (nSPS) is 24.1. The van der Waals surface area contributed by atoms with Gasteiger partial charge in [0.25, 0.3) is 0 Å². The Morgan fingerprint density at radius 2 is 1.80 bits per heavy atom. The van der Waals surface area contributed by atoms with Crippen LogP contribution in [0.5, 0.6) is 0 Å². The zero-order valence-corrected chi connectivity index (χ0v) is 11.5. The van der Waals surface area contributed by atoms with Crippen LogP contribution >= 0.6 is 0 Å². The van der Waals surface area contributed by atoms with Gasteiger partial charge in [0, 0.05) is 0 Å². The van der Waals surface area contributed by atoms with Crippen molar-refractivity contribution < 1.29 is 23.5 Å². The third-order valence-electron chi connectivity index (χ3n) is 3.53. The summed E-state index contributed by atoms with van der Waals surface area (Å²) in [6.07, 6.45) is 0.344. The first-order valence-electron chi connectivity index (χ1n) is 6.66. The van der Waals surface area contributed by atoms with Gasteiger partial charge in [-0.2, -0.15) is 0 Å². The van der Waals surface area contributed by atoms with Crippen molar-refractivity contribution in [3.05, 3.63) is 35.6 Å². The fraction of sp³-hybridized carbons (Fsp3) is 0.467. The van der Waals surface area contributed by atoms with E-state index < -0.39 is 23.3 Å². The molecule has 108 valence electrons. The maximum atomic E-state index is 13.0. The molecule has 0 radical (unpaired) electrons. The predicted molar refractivity (Wildman–Crippen MR) is 69.5 cm³/mol. The topological polar surface area (TPSA) is 52.6 Å². The molecule has 0 aromatic heterocycles. The van der Waals surface area contributed by atoms with Crippen molar-refractivity contribution in [1.82, 2.24) is 0 Å². The number of rotatable bonds is 5. The number of esters is 2. The summed E-state index contributed by atoms with van der Waals surface area (Å²) in [6.45, 7) is 3.91. The van der Waals surface area contributed by atoms with Gasteiger partial charge in [0.15, 0.2) is 0 Å². The monoisotopic (exact) mass is 280 g/mol. The smallest absolute Gasteiger partial charge is 0.317 e. The summed E-state index contributed by atoms with van der Waals surface area (Å²) in [4.78, 5) is 24.1. The molecule has 0 aliphatic heterocycles. The Morgan fingerprint density at radius 1 is 1.20 bits per heavy atom. The molecule has 2 atom stereocenters. The van der Waals surface area contributed by atoms with E-state index in [-0.39, 0.29) is 19.0 Å². The van der Waals surface area contributed by atoms with Crippen LogP contribution in [0.2, 0.25) is 0 Å². The zero-order valence-electron chi connectivity index (χ0n) is 11.5. The molecule has 0 unspecified atom stereocenters. The SMILES string of the molecule is CCOC(=O)[C@@H]1C[C@]1(C(=O)OCC)c1ccc(F)cc1. The maximum Gasteiger partial charge on any atom is 0.317 e. The van der Waals surface area contributed by atoms with E-state index in [0.717, 1.165) is 0 Å². The van der Waals surface area contributed by atoms with Crippen molar-refractivity contribution in [2.75, 3.05) is 13.2 Å². The summed E-state index contributed by atoms with van der Waals surface area (Å²) in [5.41, 5.74) is -0.425. The molecule has 1 aromatic rings. The molecule has 4 nitrogen and oxygen atoms in total. The van der Waals surface area contributed by atoms with Gasteiger partial charge in [-0.05, 0) is 38.0 Å². The van der Waals surface area contributed by atoms with E-state index in [1.54, 1.807) is 13.8 Å². The van der Waals surface area contributed by atoms with E-state index >= 15 is 0 Å². The molecular formula is C15H17FO4. The number of halogens is 1. The van der Waals surface area contributed by atoms with Gasteiger partial charge >= 0.3 is 11.9 Å². The first-order valence-corrected chi connectivity index (χ1v) is 6.66. The van der Waals surface area contributed by atoms with Gasteiger partial charge in [-0.1, -0.05) is 12.1 Å². The average molecular weight is 280 g/mol. The van der Waals surface area contributed by atoms with Crippen LogP contribution in [0.4, 0.5) is 4.39 Å². The number of benzene rings is 1. The van der Waals surface area contributed by atoms with E-state index in [4.69, 9.17) is 9.47 Å². The minimum absolute atomic E-state index is 0.233. The summed E-state index contributed by atoms with van der Waals surface area (Å²) in [7, 11) is 0. The summed E-state index contributed by atoms with van der Waals surface area (Å²) in [5, 5.41) is 0. The lowest BCUT2D eigenvalue weighted by atomic mass is 9.93. The third-order valence-corrected chi connectivity index (χ3v) is 3.53. The summed E-state index contributed by atoms with van der Waals surface area (Å²) in [5.74, 6) is -1.80. The van der Waals surface area contributed by atoms with E-state index in [1.807, 2.05) is 0 Å². The van der Waals surface area contributed by atoms with Crippen molar-refractivity contribution in [1.29, 1.82) is 0 Å². The first kappa shape index (κ1) is 14.5. The summed E-state index contributed by atoms with van der Waals surface area (Å²) >= 11 is 0. The molecule has 1 aliphatic rings. The van der Waals surface area contributed by atoms with Gasteiger partial charge in [-0.3, -0.25) is 9.59 Å². The lowest BCUT2D eigenvalue weighted by Gasteiger charge is -2.16. The Kier molecular flexibility index (Phi) is 4.06. The van der Waals surface area contributed by atoms with Crippen LogP contribution in [-0.2, 0) is 24.5 Å². The number of hydrogen-bond donors (Lipinski definition) is 0. The quantitative estimate of drug-likeness (QED) is 0.776. The second-order valence-corrected chi connectivity index (χ2v) is 4.71. The molecule has 5 heteroatoms. The molecule has 0 heterocycles. The van der Waals surface area contributed by atoms with Crippen LogP contribution < -0.4 is 0 Å². The molecule has 0 saturated heterocycles. The molecule has 1 fully saturated rings. The number of hydrogen-bond acceptors (Lipinski definition) is 4. The number of carbonyl (C=O) groups is 2. The maximum absolute atomic E-state index is 13.0. The molecule has 1 saturated carbocycles. The summed E-state index contributed by atoms with van der Waals surface area (Å²) < 4.78 is 23.1. The molecular weight excluding hydrogens is 263 g/mol. The lowest BCUT2D eigenvalue weighted by Crippen LogP contribution is -2.28. The van der Waals surface area contributed by atoms with Gasteiger partial charge in [0.1, 0.15) is 11.2 Å². The van der Waals surface area contributed by atoms with E-state index in [0.29, 0.717) is 12.0 Å². The second kappa shape index (κ2) is 5.61. The highest BCUT2D eigenvalue weighted by Gasteiger charge is 2.66. The van der Waals surface area contributed by atoms with Gasteiger partial charge in [-0.15, -0.1) is 0 Å². The fourth-order valence-electron chi connectivity index (χ4n) is 2.46. The van der Waals surface area contributed by atoms with Crippen molar-refractivity contribution in [3.63, 3.8) is 0 Å². The Hall–Kier alpha value is -1.91. The van der Waals surface area contributed by atoms with E-state index in [9.17, 15) is 14.0 Å². The number of ether oxygens (including phenoxy) is 2. The largest absolute Gasteiger partial charge is 0.466 e. The van der Waals surface area contributed by atoms with Gasteiger partial charge in [-0.25, -0.2) is 4.39 Å². The fourth-order valence-corrected chi connectivity index (χ4v) is 2.46. The molecule has 0 spiro atoms. The van der Waals surface area contributed by atoms with Crippen LogP contribution in [-0.4, -0.2) is 25.2 Å². The van der Waals surface area contributed by atoms with Crippen molar-refractivity contribution in [2.45, 2.75) is 25.7 Å². The van der Waals surface area contributed by atoms with Gasteiger partial charge in [0.05, 0.1) is 19.1 Å². The minimum Gasteiger partial charge on any atom is -0.466 e. The average Bonchev–Trinajstić information content (AvgIpc) is 3.17.